The molecule has 210 valence electrons. The fourth-order valence-electron chi connectivity index (χ4n) is 6.60. The molecule has 10 heteroatoms. The zero-order valence-electron chi connectivity index (χ0n) is 22.7. The van der Waals surface area contributed by atoms with E-state index in [0.717, 1.165) is 81.7 Å². The van der Waals surface area contributed by atoms with Crippen molar-refractivity contribution < 1.29 is 13.5 Å². The smallest absolute Gasteiger partial charge is 0.154 e. The van der Waals surface area contributed by atoms with Gasteiger partial charge in [0.15, 0.2) is 5.65 Å². The van der Waals surface area contributed by atoms with Gasteiger partial charge in [0.25, 0.3) is 0 Å². The minimum atomic E-state index is -0.445. The van der Waals surface area contributed by atoms with E-state index in [0.29, 0.717) is 35.2 Å². The molecule has 0 N–H and O–H groups in total. The number of hydrogen-bond donors (Lipinski definition) is 0. The summed E-state index contributed by atoms with van der Waals surface area (Å²) in [5.74, 6) is -0.167. The van der Waals surface area contributed by atoms with Crippen molar-refractivity contribution in [3.8, 4) is 17.3 Å². The quantitative estimate of drug-likeness (QED) is 0.350. The third-order valence-corrected chi connectivity index (χ3v) is 8.69. The number of ether oxygens (including phenoxy) is 1. The van der Waals surface area contributed by atoms with Gasteiger partial charge in [-0.25, -0.2) is 18.3 Å². The first-order valence-electron chi connectivity index (χ1n) is 14.3. The maximum Gasteiger partial charge on any atom is 0.154 e. The number of imidazole rings is 1. The standard InChI is InChI=1S/C31H31F2N7O/c32-23-5-6-26(33)25(17-23)27-2-1-10-39(27)31-8-7-30-35-19-29(40(30)36-31)21-3-4-22(18-34)28(16-21)38-11-9-24(20-38)37-12-14-41-15-13-37/h3-8,16-17,19,24,27H,1-2,9-15,20H2. The average Bonchev–Trinajstić information content (AvgIpc) is 3.78. The van der Waals surface area contributed by atoms with Crippen LogP contribution in [0.3, 0.4) is 0 Å². The van der Waals surface area contributed by atoms with Crippen molar-refractivity contribution >= 4 is 17.2 Å². The number of rotatable bonds is 5. The lowest BCUT2D eigenvalue weighted by atomic mass is 10.0. The van der Waals surface area contributed by atoms with E-state index in [9.17, 15) is 14.0 Å². The predicted molar refractivity (Wildman–Crippen MR) is 152 cm³/mol. The second-order valence-corrected chi connectivity index (χ2v) is 11.0. The third-order valence-electron chi connectivity index (χ3n) is 8.69. The Bertz CT molecular complexity index is 1630. The second-order valence-electron chi connectivity index (χ2n) is 11.0. The summed E-state index contributed by atoms with van der Waals surface area (Å²) in [5.41, 5.74) is 4.34. The molecule has 0 radical (unpaired) electrons. The van der Waals surface area contributed by atoms with Crippen LogP contribution in [-0.2, 0) is 4.74 Å². The molecule has 4 aromatic rings. The van der Waals surface area contributed by atoms with Gasteiger partial charge >= 0.3 is 0 Å². The SMILES string of the molecule is N#Cc1ccc(-c2cnc3ccc(N4CCCC4c4cc(F)ccc4F)nn23)cc1N1CCC(N2CCOCC2)C1. The molecule has 2 aromatic heterocycles. The molecule has 0 spiro atoms. The highest BCUT2D eigenvalue weighted by molar-refractivity contribution is 5.72. The highest BCUT2D eigenvalue weighted by Crippen LogP contribution is 2.37. The number of nitriles is 1. The predicted octanol–water partition coefficient (Wildman–Crippen LogP) is 4.80. The van der Waals surface area contributed by atoms with Crippen molar-refractivity contribution in [1.29, 1.82) is 5.26 Å². The fourth-order valence-corrected chi connectivity index (χ4v) is 6.60. The van der Waals surface area contributed by atoms with Crippen LogP contribution in [0.2, 0.25) is 0 Å². The van der Waals surface area contributed by atoms with Crippen molar-refractivity contribution in [3.63, 3.8) is 0 Å². The molecule has 2 aromatic carbocycles. The van der Waals surface area contributed by atoms with E-state index < -0.39 is 11.6 Å². The summed E-state index contributed by atoms with van der Waals surface area (Å²) in [4.78, 5) is 11.4. The number of morpholine rings is 1. The van der Waals surface area contributed by atoms with Crippen molar-refractivity contribution in [2.24, 2.45) is 0 Å². The number of benzene rings is 2. The van der Waals surface area contributed by atoms with Gasteiger partial charge in [-0.3, -0.25) is 4.90 Å². The monoisotopic (exact) mass is 555 g/mol. The summed E-state index contributed by atoms with van der Waals surface area (Å²) in [6.07, 6.45) is 4.43. The Balaban J connectivity index is 1.20. The molecule has 3 aliphatic rings. The van der Waals surface area contributed by atoms with Gasteiger partial charge in [0.2, 0.25) is 0 Å². The molecule has 3 aliphatic heterocycles. The van der Waals surface area contributed by atoms with Crippen LogP contribution in [0.25, 0.3) is 16.9 Å². The number of halogens is 2. The van der Waals surface area contributed by atoms with Crippen LogP contribution in [0, 0.1) is 23.0 Å². The number of fused-ring (bicyclic) bond motifs is 1. The van der Waals surface area contributed by atoms with Crippen LogP contribution in [0.4, 0.5) is 20.3 Å². The molecule has 0 aliphatic carbocycles. The third kappa shape index (κ3) is 4.79. The molecular formula is C31H31F2N7O. The number of aromatic nitrogens is 3. The van der Waals surface area contributed by atoms with Gasteiger partial charge in [0.1, 0.15) is 23.5 Å². The van der Waals surface area contributed by atoms with E-state index in [1.807, 2.05) is 29.2 Å². The van der Waals surface area contributed by atoms with Gasteiger partial charge in [-0.1, -0.05) is 6.07 Å². The Morgan fingerprint density at radius 1 is 0.951 bits per heavy atom. The van der Waals surface area contributed by atoms with E-state index in [4.69, 9.17) is 9.84 Å². The van der Waals surface area contributed by atoms with Gasteiger partial charge in [-0.2, -0.15) is 5.26 Å². The first-order valence-corrected chi connectivity index (χ1v) is 14.3. The zero-order chi connectivity index (χ0) is 27.9. The van der Waals surface area contributed by atoms with Crippen LogP contribution in [0.5, 0.6) is 0 Å². The Hall–Kier alpha value is -4.07. The van der Waals surface area contributed by atoms with Gasteiger partial charge in [0, 0.05) is 49.9 Å². The first kappa shape index (κ1) is 25.9. The number of nitrogens with zero attached hydrogens (tertiary/aromatic N) is 7. The second kappa shape index (κ2) is 10.7. The van der Waals surface area contributed by atoms with Crippen molar-refractivity contribution in [2.75, 3.05) is 55.7 Å². The summed E-state index contributed by atoms with van der Waals surface area (Å²) in [5, 5.41) is 14.8. The first-order chi connectivity index (χ1) is 20.1. The molecule has 41 heavy (non-hydrogen) atoms. The molecule has 0 bridgehead atoms. The topological polar surface area (TPSA) is 72.9 Å². The van der Waals surface area contributed by atoms with E-state index >= 15 is 0 Å². The van der Waals surface area contributed by atoms with Gasteiger partial charge in [-0.15, -0.1) is 5.10 Å². The maximum atomic E-state index is 14.7. The molecule has 8 nitrogen and oxygen atoms in total. The Morgan fingerprint density at radius 3 is 2.68 bits per heavy atom. The lowest BCUT2D eigenvalue weighted by Crippen LogP contribution is -2.44. The van der Waals surface area contributed by atoms with Crippen LogP contribution < -0.4 is 9.80 Å². The normalized spacial score (nSPS) is 21.6. The highest BCUT2D eigenvalue weighted by Gasteiger charge is 2.31. The van der Waals surface area contributed by atoms with Crippen molar-refractivity contribution in [3.05, 3.63) is 77.5 Å². The van der Waals surface area contributed by atoms with Gasteiger partial charge in [-0.05, 0) is 61.7 Å². The highest BCUT2D eigenvalue weighted by atomic mass is 19.1. The van der Waals surface area contributed by atoms with Crippen molar-refractivity contribution in [2.45, 2.75) is 31.3 Å². The lowest BCUT2D eigenvalue weighted by molar-refractivity contribution is 0.0209. The molecule has 5 heterocycles. The molecule has 0 saturated carbocycles. The van der Waals surface area contributed by atoms with Crippen LogP contribution in [-0.4, -0.2) is 71.5 Å². The Labute approximate surface area is 237 Å². The lowest BCUT2D eigenvalue weighted by Gasteiger charge is -2.32. The zero-order valence-corrected chi connectivity index (χ0v) is 22.7. The van der Waals surface area contributed by atoms with Crippen LogP contribution in [0.15, 0.2) is 54.7 Å². The summed E-state index contributed by atoms with van der Waals surface area (Å²) in [7, 11) is 0. The van der Waals surface area contributed by atoms with Crippen molar-refractivity contribution in [1.82, 2.24) is 19.5 Å². The molecule has 7 rings (SSSR count). The van der Waals surface area contributed by atoms with Crippen LogP contribution >= 0.6 is 0 Å². The maximum absolute atomic E-state index is 14.7. The Morgan fingerprint density at radius 2 is 1.83 bits per heavy atom. The largest absolute Gasteiger partial charge is 0.379 e. The summed E-state index contributed by atoms with van der Waals surface area (Å²) in [6, 6.07) is 15.8. The molecule has 3 saturated heterocycles. The summed E-state index contributed by atoms with van der Waals surface area (Å²) in [6.45, 7) is 5.90. The van der Waals surface area contributed by atoms with E-state index in [2.05, 4.69) is 26.9 Å². The number of anilines is 2. The average molecular weight is 556 g/mol. The molecule has 3 fully saturated rings. The van der Waals surface area contributed by atoms with Gasteiger partial charge in [0.05, 0.1) is 42.4 Å². The van der Waals surface area contributed by atoms with E-state index in [-0.39, 0.29) is 6.04 Å². The summed E-state index contributed by atoms with van der Waals surface area (Å²) < 4.78 is 36.0. The van der Waals surface area contributed by atoms with Gasteiger partial charge < -0.3 is 14.5 Å². The van der Waals surface area contributed by atoms with E-state index in [1.165, 1.54) is 12.1 Å². The molecule has 2 unspecified atom stereocenters. The fraction of sp³-hybridized carbons (Fsp3) is 0.387. The molecule has 2 atom stereocenters. The summed E-state index contributed by atoms with van der Waals surface area (Å²) >= 11 is 0. The number of hydrogen-bond acceptors (Lipinski definition) is 7. The van der Waals surface area contributed by atoms with E-state index in [1.54, 1.807) is 10.7 Å². The molecule has 0 amide bonds. The minimum Gasteiger partial charge on any atom is -0.379 e. The minimum absolute atomic E-state index is 0.293. The molecular weight excluding hydrogens is 524 g/mol. The van der Waals surface area contributed by atoms with Crippen LogP contribution in [0.1, 0.15) is 36.4 Å². The Kier molecular flexibility index (Phi) is 6.77.